The summed E-state index contributed by atoms with van der Waals surface area (Å²) in [5.41, 5.74) is 5.65. The molecule has 3 N–H and O–H groups in total. The van der Waals surface area contributed by atoms with Crippen molar-refractivity contribution in [2.24, 2.45) is 0 Å². The molecule has 8 heteroatoms. The molecule has 7 rings (SSSR count). The van der Waals surface area contributed by atoms with Gasteiger partial charge >= 0.3 is 0 Å². The molecule has 1 atom stereocenters. The Labute approximate surface area is 300 Å². The third kappa shape index (κ3) is 6.72. The lowest BCUT2D eigenvalue weighted by molar-refractivity contribution is -0.114. The molecular weight excluding hydrogens is 649 g/mol. The van der Waals surface area contributed by atoms with Gasteiger partial charge in [-0.25, -0.2) is 0 Å². The maximum atomic E-state index is 14.4. The zero-order valence-electron chi connectivity index (χ0n) is 29.6. The molecule has 6 aromatic rings. The normalized spacial score (nSPS) is 14.7. The Bertz CT molecular complexity index is 2140. The van der Waals surface area contributed by atoms with E-state index in [1.165, 1.54) is 17.3 Å². The second kappa shape index (κ2) is 14.1. The average Bonchev–Trinajstić information content (AvgIpc) is 3.52. The first-order valence-corrected chi connectivity index (χ1v) is 19.5. The van der Waals surface area contributed by atoms with Crippen molar-refractivity contribution in [3.8, 4) is 11.1 Å². The molecule has 1 unspecified atom stereocenters. The standard InChI is InChI=1S/C43H44N4O3Si/c1-30(48)45-40-28-33(19-21-37(40)31-20-22-38-32(27-31)23-25-44-38)42(49)47-26-24-34(46-39-17-11-12-18-41(39)47)29-50-51(43(2,3)4,35-13-7-5-8-14-35)36-15-9-6-10-16-36/h5-23,25,27-28,34,44,46H,24,26,29H2,1-4H3,(H,45,48). The first-order valence-electron chi connectivity index (χ1n) is 17.6. The first kappa shape index (κ1) is 34.0. The number of benzene rings is 5. The fourth-order valence-corrected chi connectivity index (χ4v) is 12.1. The van der Waals surface area contributed by atoms with Gasteiger partial charge in [0.2, 0.25) is 5.91 Å². The molecule has 1 aromatic heterocycles. The first-order chi connectivity index (χ1) is 24.6. The molecule has 0 fully saturated rings. The van der Waals surface area contributed by atoms with E-state index in [2.05, 4.69) is 103 Å². The van der Waals surface area contributed by atoms with E-state index in [0.717, 1.165) is 33.4 Å². The number of aromatic amines is 1. The monoisotopic (exact) mass is 692 g/mol. The number of carbonyl (C=O) groups excluding carboxylic acids is 2. The molecule has 0 radical (unpaired) electrons. The number of hydrogen-bond donors (Lipinski definition) is 3. The van der Waals surface area contributed by atoms with E-state index >= 15 is 0 Å². The van der Waals surface area contributed by atoms with Crippen molar-refractivity contribution in [3.05, 3.63) is 139 Å². The summed E-state index contributed by atoms with van der Waals surface area (Å²) in [6.45, 7) is 9.33. The van der Waals surface area contributed by atoms with E-state index in [0.29, 0.717) is 30.8 Å². The summed E-state index contributed by atoms with van der Waals surface area (Å²) < 4.78 is 7.32. The van der Waals surface area contributed by atoms with Gasteiger partial charge in [0, 0.05) is 48.0 Å². The highest BCUT2D eigenvalue weighted by molar-refractivity contribution is 6.99. The molecule has 51 heavy (non-hydrogen) atoms. The van der Waals surface area contributed by atoms with Crippen LogP contribution in [0.1, 0.15) is 44.5 Å². The maximum Gasteiger partial charge on any atom is 0.261 e. The van der Waals surface area contributed by atoms with Crippen molar-refractivity contribution in [1.29, 1.82) is 0 Å². The minimum Gasteiger partial charge on any atom is -0.405 e. The molecule has 1 aliphatic heterocycles. The molecule has 0 aliphatic carbocycles. The molecule has 2 heterocycles. The predicted molar refractivity (Wildman–Crippen MR) is 212 cm³/mol. The van der Waals surface area contributed by atoms with Crippen LogP contribution in [0.15, 0.2) is 134 Å². The van der Waals surface area contributed by atoms with Crippen LogP contribution in [0.5, 0.6) is 0 Å². The summed E-state index contributed by atoms with van der Waals surface area (Å²) in [7, 11) is -2.75. The number of aromatic nitrogens is 1. The van der Waals surface area contributed by atoms with E-state index in [1.807, 2.05) is 65.7 Å². The van der Waals surface area contributed by atoms with Gasteiger partial charge in [-0.3, -0.25) is 9.59 Å². The van der Waals surface area contributed by atoms with Gasteiger partial charge in [0.1, 0.15) is 0 Å². The minimum absolute atomic E-state index is 0.0359. The topological polar surface area (TPSA) is 86.5 Å². The Balaban J connectivity index is 1.18. The minimum atomic E-state index is -2.75. The lowest BCUT2D eigenvalue weighted by Crippen LogP contribution is -2.67. The lowest BCUT2D eigenvalue weighted by atomic mass is 9.99. The van der Waals surface area contributed by atoms with Crippen LogP contribution in [0.2, 0.25) is 5.04 Å². The van der Waals surface area contributed by atoms with Crippen LogP contribution >= 0.6 is 0 Å². The van der Waals surface area contributed by atoms with Crippen LogP contribution in [0.4, 0.5) is 17.1 Å². The zero-order valence-corrected chi connectivity index (χ0v) is 30.6. The third-order valence-corrected chi connectivity index (χ3v) is 14.9. The number of nitrogens with zero attached hydrogens (tertiary/aromatic N) is 1. The number of amides is 2. The maximum absolute atomic E-state index is 14.4. The van der Waals surface area contributed by atoms with Gasteiger partial charge in [-0.05, 0) is 75.2 Å². The van der Waals surface area contributed by atoms with Crippen LogP contribution in [-0.4, -0.2) is 44.3 Å². The smallest absolute Gasteiger partial charge is 0.261 e. The molecule has 0 saturated carbocycles. The number of para-hydroxylation sites is 2. The molecular formula is C43H44N4O3Si. The van der Waals surface area contributed by atoms with Crippen LogP contribution in [0, 0.1) is 0 Å². The number of carbonyl (C=O) groups is 2. The molecule has 0 bridgehead atoms. The zero-order chi connectivity index (χ0) is 35.6. The Morgan fingerprint density at radius 3 is 2.22 bits per heavy atom. The van der Waals surface area contributed by atoms with E-state index in [4.69, 9.17) is 4.43 Å². The Morgan fingerprint density at radius 1 is 0.843 bits per heavy atom. The SMILES string of the molecule is CC(=O)Nc1cc(C(=O)N2CCC(CO[Si](c3ccccc3)(c3ccccc3)C(C)(C)C)Nc3ccccc32)ccc1-c1ccc2[nH]ccc2c1. The lowest BCUT2D eigenvalue weighted by Gasteiger charge is -2.43. The van der Waals surface area contributed by atoms with Crippen LogP contribution in [0.25, 0.3) is 22.0 Å². The van der Waals surface area contributed by atoms with Crippen molar-refractivity contribution < 1.29 is 14.0 Å². The molecule has 2 amide bonds. The fraction of sp³-hybridized carbons (Fsp3) is 0.209. The summed E-state index contributed by atoms with van der Waals surface area (Å²) in [5.74, 6) is -0.325. The molecule has 258 valence electrons. The van der Waals surface area contributed by atoms with Gasteiger partial charge in [-0.15, -0.1) is 0 Å². The van der Waals surface area contributed by atoms with Crippen molar-refractivity contribution in [3.63, 3.8) is 0 Å². The fourth-order valence-electron chi connectivity index (χ4n) is 7.45. The van der Waals surface area contributed by atoms with Gasteiger partial charge in [0.05, 0.1) is 18.0 Å². The van der Waals surface area contributed by atoms with Crippen LogP contribution in [-0.2, 0) is 9.22 Å². The largest absolute Gasteiger partial charge is 0.405 e. The number of hydrogen-bond acceptors (Lipinski definition) is 4. The molecule has 7 nitrogen and oxygen atoms in total. The van der Waals surface area contributed by atoms with E-state index in [-0.39, 0.29) is 22.9 Å². The summed E-state index contributed by atoms with van der Waals surface area (Å²) >= 11 is 0. The van der Waals surface area contributed by atoms with Crippen molar-refractivity contribution in [2.75, 3.05) is 28.7 Å². The second-order valence-electron chi connectivity index (χ2n) is 14.3. The van der Waals surface area contributed by atoms with Gasteiger partial charge in [0.15, 0.2) is 0 Å². The van der Waals surface area contributed by atoms with Gasteiger partial charge < -0.3 is 24.9 Å². The molecule has 1 aliphatic rings. The Morgan fingerprint density at radius 2 is 1.53 bits per heavy atom. The van der Waals surface area contributed by atoms with E-state index in [1.54, 1.807) is 6.07 Å². The highest BCUT2D eigenvalue weighted by Crippen LogP contribution is 2.38. The number of nitrogens with one attached hydrogen (secondary N) is 3. The summed E-state index contributed by atoms with van der Waals surface area (Å²) in [6.07, 6.45) is 2.59. The van der Waals surface area contributed by atoms with Crippen LogP contribution < -0.4 is 25.9 Å². The molecule has 5 aromatic carbocycles. The summed E-state index contributed by atoms with van der Waals surface area (Å²) in [6, 6.07) is 43.0. The van der Waals surface area contributed by atoms with E-state index in [9.17, 15) is 9.59 Å². The molecule has 0 saturated heterocycles. The predicted octanol–water partition coefficient (Wildman–Crippen LogP) is 8.20. The highest BCUT2D eigenvalue weighted by Gasteiger charge is 2.50. The van der Waals surface area contributed by atoms with Gasteiger partial charge in [-0.2, -0.15) is 0 Å². The number of anilines is 3. The van der Waals surface area contributed by atoms with Crippen molar-refractivity contribution in [1.82, 2.24) is 4.98 Å². The Hall–Kier alpha value is -5.44. The highest BCUT2D eigenvalue weighted by atomic mass is 28.4. The van der Waals surface area contributed by atoms with E-state index < -0.39 is 8.32 Å². The third-order valence-electron chi connectivity index (χ3n) is 9.86. The van der Waals surface area contributed by atoms with Crippen LogP contribution in [0.3, 0.4) is 0 Å². The Kier molecular flexibility index (Phi) is 9.38. The second-order valence-corrected chi connectivity index (χ2v) is 18.6. The molecule has 0 spiro atoms. The number of rotatable bonds is 8. The average molecular weight is 693 g/mol. The van der Waals surface area contributed by atoms with Gasteiger partial charge in [0.25, 0.3) is 14.2 Å². The summed E-state index contributed by atoms with van der Waals surface area (Å²) in [4.78, 5) is 31.8. The number of fused-ring (bicyclic) bond motifs is 2. The summed E-state index contributed by atoms with van der Waals surface area (Å²) in [5, 5.41) is 10.1. The van der Waals surface area contributed by atoms with Gasteiger partial charge in [-0.1, -0.05) is 106 Å². The van der Waals surface area contributed by atoms with Crippen molar-refractivity contribution >= 4 is 58.5 Å². The van der Waals surface area contributed by atoms with Crippen molar-refractivity contribution in [2.45, 2.75) is 45.2 Å². The number of H-pyrrole nitrogens is 1. The quantitative estimate of drug-likeness (QED) is 0.141.